The van der Waals surface area contributed by atoms with Crippen molar-refractivity contribution in [2.45, 2.75) is 65.1 Å². The summed E-state index contributed by atoms with van der Waals surface area (Å²) in [6, 6.07) is 14.7. The topological polar surface area (TPSA) is 48.8 Å². The van der Waals surface area contributed by atoms with Gasteiger partial charge >= 0.3 is 6.03 Å². The maximum absolute atomic E-state index is 13.7. The first-order chi connectivity index (χ1) is 15.8. The zero-order chi connectivity index (χ0) is 23.8. The molecule has 0 unspecified atom stereocenters. The number of nitrogens with zero attached hydrogens (tertiary/aromatic N) is 4. The third-order valence-corrected chi connectivity index (χ3v) is 6.35. The van der Waals surface area contributed by atoms with E-state index in [0.29, 0.717) is 19.0 Å². The van der Waals surface area contributed by atoms with Crippen LogP contribution in [0.15, 0.2) is 48.7 Å². The molecule has 6 heteroatoms. The number of carbonyl (C=O) groups is 2. The van der Waals surface area contributed by atoms with E-state index < -0.39 is 0 Å². The molecule has 0 atom stereocenters. The van der Waals surface area contributed by atoms with Gasteiger partial charge in [0.15, 0.2) is 0 Å². The third-order valence-electron chi connectivity index (χ3n) is 6.35. The van der Waals surface area contributed by atoms with Crippen LogP contribution in [0.2, 0.25) is 0 Å². The molecule has 2 aromatic rings. The number of carbonyl (C=O) groups excluding carboxylic acids is 2. The molecule has 0 aliphatic heterocycles. The van der Waals surface area contributed by atoms with Gasteiger partial charge in [0.25, 0.3) is 0 Å². The smallest absolute Gasteiger partial charge is 0.319 e. The van der Waals surface area contributed by atoms with Gasteiger partial charge in [-0.25, -0.2) is 4.79 Å². The average Bonchev–Trinajstić information content (AvgIpc) is 3.23. The van der Waals surface area contributed by atoms with Crippen molar-refractivity contribution in [3.63, 3.8) is 0 Å². The second-order valence-corrected chi connectivity index (χ2v) is 9.88. The number of aromatic nitrogens is 1. The summed E-state index contributed by atoms with van der Waals surface area (Å²) in [5.41, 5.74) is 2.37. The summed E-state index contributed by atoms with van der Waals surface area (Å²) in [4.78, 5) is 31.7. The number of urea groups is 1. The summed E-state index contributed by atoms with van der Waals surface area (Å²) < 4.78 is 2.23. The predicted octanol–water partition coefficient (Wildman–Crippen LogP) is 4.84. The van der Waals surface area contributed by atoms with E-state index in [2.05, 4.69) is 61.0 Å². The van der Waals surface area contributed by atoms with E-state index in [1.54, 1.807) is 23.9 Å². The van der Waals surface area contributed by atoms with Crippen LogP contribution in [-0.4, -0.2) is 64.4 Å². The van der Waals surface area contributed by atoms with Crippen LogP contribution in [0.25, 0.3) is 0 Å². The molecular formula is C27H40N4O2. The molecule has 1 heterocycles. The van der Waals surface area contributed by atoms with Crippen LogP contribution in [0.4, 0.5) is 4.79 Å². The van der Waals surface area contributed by atoms with Crippen molar-refractivity contribution >= 4 is 11.9 Å². The molecule has 0 saturated heterocycles. The molecule has 1 aromatic heterocycles. The van der Waals surface area contributed by atoms with E-state index in [0.717, 1.165) is 37.9 Å². The molecule has 3 rings (SSSR count). The van der Waals surface area contributed by atoms with Gasteiger partial charge in [-0.1, -0.05) is 63.4 Å². The van der Waals surface area contributed by atoms with Crippen molar-refractivity contribution < 1.29 is 9.59 Å². The molecule has 1 aliphatic carbocycles. The molecule has 1 aliphatic rings. The fraction of sp³-hybridized carbons (Fsp3) is 0.556. The van der Waals surface area contributed by atoms with Crippen molar-refractivity contribution in [2.24, 2.45) is 5.92 Å². The Morgan fingerprint density at radius 3 is 2.33 bits per heavy atom. The lowest BCUT2D eigenvalue weighted by Crippen LogP contribution is -2.50. The summed E-state index contributed by atoms with van der Waals surface area (Å²) in [6.45, 7) is 6.23. The van der Waals surface area contributed by atoms with Gasteiger partial charge in [0.1, 0.15) is 6.54 Å². The van der Waals surface area contributed by atoms with E-state index in [9.17, 15) is 9.59 Å². The zero-order valence-electron chi connectivity index (χ0n) is 20.7. The zero-order valence-corrected chi connectivity index (χ0v) is 20.7. The van der Waals surface area contributed by atoms with Gasteiger partial charge in [-0.05, 0) is 36.5 Å². The molecule has 180 valence electrons. The van der Waals surface area contributed by atoms with Crippen LogP contribution in [0.3, 0.4) is 0 Å². The Morgan fingerprint density at radius 2 is 1.70 bits per heavy atom. The second-order valence-electron chi connectivity index (χ2n) is 9.88. The van der Waals surface area contributed by atoms with Crippen molar-refractivity contribution in [2.75, 3.05) is 27.2 Å². The van der Waals surface area contributed by atoms with E-state index in [4.69, 9.17) is 0 Å². The van der Waals surface area contributed by atoms with Crippen LogP contribution in [0, 0.1) is 5.92 Å². The first-order valence-corrected chi connectivity index (χ1v) is 12.3. The Balaban J connectivity index is 1.80. The first kappa shape index (κ1) is 24.9. The maximum atomic E-state index is 13.7. The van der Waals surface area contributed by atoms with Gasteiger partial charge in [0.05, 0.1) is 6.54 Å². The Kier molecular flexibility index (Phi) is 8.98. The monoisotopic (exact) mass is 452 g/mol. The molecule has 3 amide bonds. The predicted molar refractivity (Wildman–Crippen MR) is 133 cm³/mol. The lowest BCUT2D eigenvalue weighted by atomic mass is 9.94. The van der Waals surface area contributed by atoms with Crippen molar-refractivity contribution in [3.8, 4) is 0 Å². The number of hydrogen-bond acceptors (Lipinski definition) is 2. The minimum atomic E-state index is -0.104. The van der Waals surface area contributed by atoms with Crippen molar-refractivity contribution in [3.05, 3.63) is 59.9 Å². The Morgan fingerprint density at radius 1 is 1.00 bits per heavy atom. The van der Waals surface area contributed by atoms with Gasteiger partial charge < -0.3 is 19.3 Å². The van der Waals surface area contributed by atoms with Crippen LogP contribution in [-0.2, 0) is 17.9 Å². The molecule has 6 nitrogen and oxygen atoms in total. The number of rotatable bonds is 9. The van der Waals surface area contributed by atoms with Crippen molar-refractivity contribution in [1.29, 1.82) is 0 Å². The van der Waals surface area contributed by atoms with Crippen LogP contribution >= 0.6 is 0 Å². The highest BCUT2D eigenvalue weighted by Gasteiger charge is 2.29. The molecule has 0 bridgehead atoms. The highest BCUT2D eigenvalue weighted by atomic mass is 16.2. The molecule has 0 radical (unpaired) electrons. The minimum absolute atomic E-state index is 0.0465. The Bertz CT molecular complexity index is 885. The van der Waals surface area contributed by atoms with Gasteiger partial charge in [0, 0.05) is 45.1 Å². The third kappa shape index (κ3) is 7.11. The fourth-order valence-electron chi connectivity index (χ4n) is 4.70. The van der Waals surface area contributed by atoms with E-state index in [1.807, 2.05) is 11.0 Å². The largest absolute Gasteiger partial charge is 0.345 e. The molecule has 1 saturated carbocycles. The van der Waals surface area contributed by atoms with Gasteiger partial charge in [-0.15, -0.1) is 0 Å². The van der Waals surface area contributed by atoms with E-state index in [1.165, 1.54) is 12.0 Å². The van der Waals surface area contributed by atoms with Crippen LogP contribution in [0.5, 0.6) is 0 Å². The summed E-state index contributed by atoms with van der Waals surface area (Å²) >= 11 is 0. The molecular weight excluding hydrogens is 412 g/mol. The molecule has 1 aromatic carbocycles. The highest BCUT2D eigenvalue weighted by molar-refractivity contribution is 5.84. The normalized spacial score (nSPS) is 14.3. The first-order valence-electron chi connectivity index (χ1n) is 12.3. The second kappa shape index (κ2) is 11.9. The lowest BCUT2D eigenvalue weighted by molar-refractivity contribution is -0.135. The SMILES string of the molecule is CC(C)CN(CC(=O)N(Cc1cccn1Cc1ccccc1)C1CCCCC1)C(=O)N(C)C. The van der Waals surface area contributed by atoms with E-state index in [-0.39, 0.29) is 24.5 Å². The summed E-state index contributed by atoms with van der Waals surface area (Å²) in [7, 11) is 3.49. The van der Waals surface area contributed by atoms with Crippen LogP contribution in [0.1, 0.15) is 57.2 Å². The Hall–Kier alpha value is -2.76. The average molecular weight is 453 g/mol. The highest BCUT2D eigenvalue weighted by Crippen LogP contribution is 2.25. The standard InChI is InChI=1S/C27H40N4O2/c1-22(2)18-30(27(33)28(3)4)21-26(32)31(24-14-9-6-10-15-24)20-25-16-11-17-29(25)19-23-12-7-5-8-13-23/h5,7-8,11-13,16-17,22,24H,6,9-10,14-15,18-21H2,1-4H3. The van der Waals surface area contributed by atoms with Gasteiger partial charge in [-0.2, -0.15) is 0 Å². The lowest BCUT2D eigenvalue weighted by Gasteiger charge is -2.37. The molecule has 1 fully saturated rings. The molecule has 33 heavy (non-hydrogen) atoms. The molecule has 0 spiro atoms. The van der Waals surface area contributed by atoms with Crippen molar-refractivity contribution in [1.82, 2.24) is 19.3 Å². The van der Waals surface area contributed by atoms with Gasteiger partial charge in [0.2, 0.25) is 5.91 Å². The molecule has 0 N–H and O–H groups in total. The number of amides is 3. The summed E-state index contributed by atoms with van der Waals surface area (Å²) in [5, 5.41) is 0. The number of hydrogen-bond donors (Lipinski definition) is 0. The maximum Gasteiger partial charge on any atom is 0.319 e. The summed E-state index contributed by atoms with van der Waals surface area (Å²) in [5.74, 6) is 0.346. The Labute approximate surface area is 199 Å². The quantitative estimate of drug-likeness (QED) is 0.547. The fourth-order valence-corrected chi connectivity index (χ4v) is 4.70. The van der Waals surface area contributed by atoms with E-state index >= 15 is 0 Å². The van der Waals surface area contributed by atoms with Gasteiger partial charge in [-0.3, -0.25) is 4.79 Å². The van der Waals surface area contributed by atoms with Crippen LogP contribution < -0.4 is 0 Å². The minimum Gasteiger partial charge on any atom is -0.345 e. The number of benzene rings is 1. The summed E-state index contributed by atoms with van der Waals surface area (Å²) in [6.07, 6.45) is 7.72.